The lowest BCUT2D eigenvalue weighted by molar-refractivity contribution is 0.249. The highest BCUT2D eigenvalue weighted by atomic mass is 19.1. The van der Waals surface area contributed by atoms with Gasteiger partial charge in [0.05, 0.1) is 23.8 Å². The van der Waals surface area contributed by atoms with Crippen molar-refractivity contribution in [3.63, 3.8) is 0 Å². The van der Waals surface area contributed by atoms with Crippen molar-refractivity contribution in [2.24, 2.45) is 5.92 Å². The molecule has 0 aliphatic carbocycles. The van der Waals surface area contributed by atoms with Gasteiger partial charge in [-0.2, -0.15) is 4.98 Å². The highest BCUT2D eigenvalue weighted by Gasteiger charge is 2.15. The van der Waals surface area contributed by atoms with E-state index in [1.54, 1.807) is 36.5 Å². The number of hydrogen-bond acceptors (Lipinski definition) is 6. The minimum atomic E-state index is -0.406. The summed E-state index contributed by atoms with van der Waals surface area (Å²) in [6.07, 6.45) is 1.59. The van der Waals surface area contributed by atoms with Crippen LogP contribution >= 0.6 is 0 Å². The monoisotopic (exact) mass is 342 g/mol. The van der Waals surface area contributed by atoms with Gasteiger partial charge < -0.3 is 14.9 Å². The fraction of sp³-hybridized carbons (Fsp3) is 0.278. The van der Waals surface area contributed by atoms with Crippen LogP contribution in [0.15, 0.2) is 47.1 Å². The van der Waals surface area contributed by atoms with Gasteiger partial charge in [0, 0.05) is 6.20 Å². The highest BCUT2D eigenvalue weighted by molar-refractivity contribution is 5.60. The van der Waals surface area contributed by atoms with Gasteiger partial charge >= 0.3 is 0 Å². The molecule has 130 valence electrons. The van der Waals surface area contributed by atoms with Gasteiger partial charge in [0.25, 0.3) is 5.89 Å². The average Bonchev–Trinajstić information content (AvgIpc) is 3.10. The standard InChI is InChI=1S/C18H19FN4O2/c1-11(2)15(10-24)21-16-8-7-12(9-20-16)18-22-17(23-25-18)13-5-3-4-6-14(13)19/h3-9,11,15,24H,10H2,1-2H3,(H,20,21)/t15-/m1/s1. The number of rotatable bonds is 6. The summed E-state index contributed by atoms with van der Waals surface area (Å²) >= 11 is 0. The maximum atomic E-state index is 13.8. The number of nitrogens with one attached hydrogen (secondary N) is 1. The van der Waals surface area contributed by atoms with Gasteiger partial charge in [0.15, 0.2) is 0 Å². The van der Waals surface area contributed by atoms with Crippen LogP contribution in [-0.2, 0) is 0 Å². The van der Waals surface area contributed by atoms with E-state index in [2.05, 4.69) is 20.4 Å². The van der Waals surface area contributed by atoms with Crippen molar-refractivity contribution in [2.45, 2.75) is 19.9 Å². The van der Waals surface area contributed by atoms with Crippen LogP contribution in [0.4, 0.5) is 10.2 Å². The molecular formula is C18H19FN4O2. The van der Waals surface area contributed by atoms with E-state index >= 15 is 0 Å². The van der Waals surface area contributed by atoms with Crippen LogP contribution in [0.25, 0.3) is 22.8 Å². The third kappa shape index (κ3) is 3.83. The molecule has 1 aromatic carbocycles. The predicted molar refractivity (Wildman–Crippen MR) is 92.3 cm³/mol. The van der Waals surface area contributed by atoms with E-state index in [1.165, 1.54) is 6.07 Å². The predicted octanol–water partition coefficient (Wildman–Crippen LogP) is 3.37. The van der Waals surface area contributed by atoms with Crippen molar-refractivity contribution >= 4 is 5.82 Å². The molecule has 3 rings (SSSR count). The molecule has 0 aliphatic rings. The third-order valence-electron chi connectivity index (χ3n) is 3.89. The summed E-state index contributed by atoms with van der Waals surface area (Å²) in [7, 11) is 0. The van der Waals surface area contributed by atoms with Crippen molar-refractivity contribution in [3.05, 3.63) is 48.4 Å². The molecule has 2 N–H and O–H groups in total. The lowest BCUT2D eigenvalue weighted by atomic mass is 10.1. The molecule has 3 aromatic rings. The molecule has 6 nitrogen and oxygen atoms in total. The topological polar surface area (TPSA) is 84.1 Å². The Kier molecular flexibility index (Phi) is 5.04. The second kappa shape index (κ2) is 7.40. The van der Waals surface area contributed by atoms with E-state index in [4.69, 9.17) is 4.52 Å². The number of nitrogens with zero attached hydrogens (tertiary/aromatic N) is 3. The quantitative estimate of drug-likeness (QED) is 0.714. The third-order valence-corrected chi connectivity index (χ3v) is 3.89. The summed E-state index contributed by atoms with van der Waals surface area (Å²) in [5.74, 6) is 0.961. The Morgan fingerprint density at radius 3 is 2.64 bits per heavy atom. The smallest absolute Gasteiger partial charge is 0.259 e. The molecular weight excluding hydrogens is 323 g/mol. The summed E-state index contributed by atoms with van der Waals surface area (Å²) < 4.78 is 19.0. The molecule has 0 spiro atoms. The van der Waals surface area contributed by atoms with Gasteiger partial charge in [-0.3, -0.25) is 0 Å². The van der Waals surface area contributed by atoms with Crippen LogP contribution in [0.3, 0.4) is 0 Å². The molecule has 2 heterocycles. The fourth-order valence-electron chi connectivity index (χ4n) is 2.31. The Labute approximate surface area is 144 Å². The SMILES string of the molecule is CC(C)[C@@H](CO)Nc1ccc(-c2nc(-c3ccccc3F)no2)cn1. The zero-order chi connectivity index (χ0) is 17.8. The molecule has 0 saturated heterocycles. The molecule has 1 atom stereocenters. The number of aliphatic hydroxyl groups excluding tert-OH is 1. The van der Waals surface area contributed by atoms with E-state index in [-0.39, 0.29) is 35.8 Å². The summed E-state index contributed by atoms with van der Waals surface area (Å²) in [6, 6.07) is 9.73. The number of pyridine rings is 1. The minimum Gasteiger partial charge on any atom is -0.394 e. The van der Waals surface area contributed by atoms with Gasteiger partial charge in [-0.05, 0) is 30.2 Å². The molecule has 0 amide bonds. The van der Waals surface area contributed by atoms with Crippen molar-refractivity contribution < 1.29 is 14.0 Å². The number of hydrogen-bond donors (Lipinski definition) is 2. The largest absolute Gasteiger partial charge is 0.394 e. The van der Waals surface area contributed by atoms with Gasteiger partial charge in [-0.25, -0.2) is 9.37 Å². The Morgan fingerprint density at radius 2 is 2.00 bits per heavy atom. The summed E-state index contributed by atoms with van der Waals surface area (Å²) in [5.41, 5.74) is 0.914. The lowest BCUT2D eigenvalue weighted by Crippen LogP contribution is -2.29. The van der Waals surface area contributed by atoms with Crippen LogP contribution in [-0.4, -0.2) is 32.9 Å². The van der Waals surface area contributed by atoms with Crippen molar-refractivity contribution in [1.29, 1.82) is 0 Å². The Hall–Kier alpha value is -2.80. The molecule has 0 aliphatic heterocycles. The van der Waals surface area contributed by atoms with E-state index in [1.807, 2.05) is 13.8 Å². The van der Waals surface area contributed by atoms with Gasteiger partial charge in [-0.15, -0.1) is 0 Å². The average molecular weight is 342 g/mol. The van der Waals surface area contributed by atoms with Gasteiger partial charge in [0.2, 0.25) is 5.82 Å². The van der Waals surface area contributed by atoms with E-state index in [0.717, 1.165) is 0 Å². The van der Waals surface area contributed by atoms with Crippen LogP contribution in [0.5, 0.6) is 0 Å². The summed E-state index contributed by atoms with van der Waals surface area (Å²) in [6.45, 7) is 4.06. The molecule has 2 aromatic heterocycles. The Bertz CT molecular complexity index is 833. The maximum Gasteiger partial charge on any atom is 0.259 e. The minimum absolute atomic E-state index is 0.0246. The summed E-state index contributed by atoms with van der Waals surface area (Å²) in [5, 5.41) is 16.4. The molecule has 7 heteroatoms. The molecule has 0 fully saturated rings. The molecule has 25 heavy (non-hydrogen) atoms. The van der Waals surface area contributed by atoms with E-state index < -0.39 is 5.82 Å². The summed E-state index contributed by atoms with van der Waals surface area (Å²) in [4.78, 5) is 8.53. The molecule has 0 bridgehead atoms. The number of aromatic nitrogens is 3. The van der Waals surface area contributed by atoms with Crippen LogP contribution in [0, 0.1) is 11.7 Å². The lowest BCUT2D eigenvalue weighted by Gasteiger charge is -2.20. The van der Waals surface area contributed by atoms with Gasteiger partial charge in [-0.1, -0.05) is 31.1 Å². The molecule has 0 unspecified atom stereocenters. The molecule has 0 radical (unpaired) electrons. The van der Waals surface area contributed by atoms with E-state index in [9.17, 15) is 9.50 Å². The van der Waals surface area contributed by atoms with Crippen molar-refractivity contribution in [3.8, 4) is 22.8 Å². The zero-order valence-corrected chi connectivity index (χ0v) is 14.0. The number of aliphatic hydroxyl groups is 1. The van der Waals surface area contributed by atoms with Gasteiger partial charge in [0.1, 0.15) is 11.6 Å². The first-order chi connectivity index (χ1) is 12.1. The first-order valence-corrected chi connectivity index (χ1v) is 8.01. The second-order valence-corrected chi connectivity index (χ2v) is 6.01. The van der Waals surface area contributed by atoms with Crippen LogP contribution in [0.2, 0.25) is 0 Å². The highest BCUT2D eigenvalue weighted by Crippen LogP contribution is 2.24. The second-order valence-electron chi connectivity index (χ2n) is 6.01. The Balaban J connectivity index is 1.78. The number of anilines is 1. The normalized spacial score (nSPS) is 12.4. The van der Waals surface area contributed by atoms with Crippen molar-refractivity contribution in [1.82, 2.24) is 15.1 Å². The first kappa shape index (κ1) is 17.0. The van der Waals surface area contributed by atoms with Crippen LogP contribution in [0.1, 0.15) is 13.8 Å². The number of benzene rings is 1. The maximum absolute atomic E-state index is 13.8. The fourth-order valence-corrected chi connectivity index (χ4v) is 2.31. The zero-order valence-electron chi connectivity index (χ0n) is 14.0. The molecule has 0 saturated carbocycles. The van der Waals surface area contributed by atoms with Crippen LogP contribution < -0.4 is 5.32 Å². The van der Waals surface area contributed by atoms with E-state index in [0.29, 0.717) is 11.4 Å². The first-order valence-electron chi connectivity index (χ1n) is 8.01. The number of halogens is 1. The van der Waals surface area contributed by atoms with Crippen molar-refractivity contribution in [2.75, 3.05) is 11.9 Å². The Morgan fingerprint density at radius 1 is 1.20 bits per heavy atom.